The summed E-state index contributed by atoms with van der Waals surface area (Å²) in [6.07, 6.45) is -1.60. The SMILES string of the molecule is O=c1c2ccccc2ncn1CCn1cc(-c2ccccc2C(F)(F)F)nn1. The van der Waals surface area contributed by atoms with Gasteiger partial charge in [-0.15, -0.1) is 5.10 Å². The minimum absolute atomic E-state index is 0.0363. The van der Waals surface area contributed by atoms with Crippen LogP contribution in [0.2, 0.25) is 0 Å². The van der Waals surface area contributed by atoms with E-state index in [1.54, 1.807) is 24.3 Å². The highest BCUT2D eigenvalue weighted by molar-refractivity contribution is 5.76. The van der Waals surface area contributed by atoms with Crippen molar-refractivity contribution in [2.75, 3.05) is 0 Å². The molecule has 0 radical (unpaired) electrons. The highest BCUT2D eigenvalue weighted by atomic mass is 19.4. The van der Waals surface area contributed by atoms with Crippen molar-refractivity contribution in [2.45, 2.75) is 19.3 Å². The van der Waals surface area contributed by atoms with Crippen LogP contribution < -0.4 is 5.56 Å². The summed E-state index contributed by atoms with van der Waals surface area (Å²) in [4.78, 5) is 16.7. The van der Waals surface area contributed by atoms with E-state index in [-0.39, 0.29) is 29.9 Å². The van der Waals surface area contributed by atoms with Gasteiger partial charge >= 0.3 is 6.18 Å². The Morgan fingerprint density at radius 1 is 0.964 bits per heavy atom. The summed E-state index contributed by atoms with van der Waals surface area (Å²) in [7, 11) is 0. The van der Waals surface area contributed by atoms with Crippen LogP contribution >= 0.6 is 0 Å². The topological polar surface area (TPSA) is 65.6 Å². The van der Waals surface area contributed by atoms with Crippen molar-refractivity contribution in [3.8, 4) is 11.3 Å². The Morgan fingerprint density at radius 3 is 2.54 bits per heavy atom. The molecular formula is C19H14F3N5O. The van der Waals surface area contributed by atoms with E-state index in [0.717, 1.165) is 6.07 Å². The third-order valence-corrected chi connectivity index (χ3v) is 4.35. The highest BCUT2D eigenvalue weighted by Crippen LogP contribution is 2.35. The van der Waals surface area contributed by atoms with Crippen molar-refractivity contribution < 1.29 is 13.2 Å². The first-order valence-corrected chi connectivity index (χ1v) is 8.44. The van der Waals surface area contributed by atoms with Gasteiger partial charge in [0.1, 0.15) is 5.69 Å². The maximum Gasteiger partial charge on any atom is 0.417 e. The molecule has 0 spiro atoms. The van der Waals surface area contributed by atoms with E-state index in [4.69, 9.17) is 0 Å². The Bertz CT molecular complexity index is 1200. The number of fused-ring (bicyclic) bond motifs is 1. The molecule has 2 heterocycles. The maximum absolute atomic E-state index is 13.2. The van der Waals surface area contributed by atoms with Gasteiger partial charge in [0.05, 0.1) is 35.5 Å². The number of aryl methyl sites for hydroxylation is 2. The molecule has 9 heteroatoms. The minimum Gasteiger partial charge on any atom is -0.297 e. The Morgan fingerprint density at radius 2 is 1.71 bits per heavy atom. The van der Waals surface area contributed by atoms with E-state index in [1.807, 2.05) is 0 Å². The summed E-state index contributed by atoms with van der Waals surface area (Å²) in [5, 5.41) is 8.24. The molecule has 0 aliphatic heterocycles. The Kier molecular flexibility index (Phi) is 4.42. The zero-order valence-electron chi connectivity index (χ0n) is 14.5. The van der Waals surface area contributed by atoms with Gasteiger partial charge in [-0.05, 0) is 18.2 Å². The fraction of sp³-hybridized carbons (Fsp3) is 0.158. The van der Waals surface area contributed by atoms with Gasteiger partial charge < -0.3 is 0 Å². The van der Waals surface area contributed by atoms with E-state index in [9.17, 15) is 18.0 Å². The number of halogens is 3. The summed E-state index contributed by atoms with van der Waals surface area (Å²) >= 11 is 0. The highest BCUT2D eigenvalue weighted by Gasteiger charge is 2.33. The molecule has 0 aliphatic rings. The van der Waals surface area contributed by atoms with Gasteiger partial charge in [0.15, 0.2) is 0 Å². The summed E-state index contributed by atoms with van der Waals surface area (Å²) in [6.45, 7) is 0.529. The van der Waals surface area contributed by atoms with Gasteiger partial charge in [-0.1, -0.05) is 35.5 Å². The molecule has 0 bridgehead atoms. The van der Waals surface area contributed by atoms with E-state index in [2.05, 4.69) is 15.3 Å². The Balaban J connectivity index is 1.57. The zero-order chi connectivity index (χ0) is 19.7. The van der Waals surface area contributed by atoms with Crippen LogP contribution in [-0.2, 0) is 19.3 Å². The second-order valence-electron chi connectivity index (χ2n) is 6.17. The number of rotatable bonds is 4. The van der Waals surface area contributed by atoms with Crippen LogP contribution in [0.1, 0.15) is 5.56 Å². The largest absolute Gasteiger partial charge is 0.417 e. The van der Waals surface area contributed by atoms with Gasteiger partial charge in [0, 0.05) is 12.1 Å². The van der Waals surface area contributed by atoms with E-state index in [0.29, 0.717) is 10.9 Å². The average molecular weight is 385 g/mol. The van der Waals surface area contributed by atoms with Crippen LogP contribution in [-0.4, -0.2) is 24.5 Å². The second-order valence-corrected chi connectivity index (χ2v) is 6.17. The normalized spacial score (nSPS) is 11.8. The molecule has 0 amide bonds. The summed E-state index contributed by atoms with van der Waals surface area (Å²) in [5.74, 6) is 0. The molecule has 142 valence electrons. The minimum atomic E-state index is -4.48. The molecular weight excluding hydrogens is 371 g/mol. The van der Waals surface area contributed by atoms with Crippen LogP contribution in [0.4, 0.5) is 13.2 Å². The van der Waals surface area contributed by atoms with Gasteiger partial charge in [-0.25, -0.2) is 4.98 Å². The van der Waals surface area contributed by atoms with Crippen LogP contribution in [0.25, 0.3) is 22.2 Å². The van der Waals surface area contributed by atoms with Crippen LogP contribution in [0.15, 0.2) is 65.8 Å². The molecule has 2 aromatic carbocycles. The number of nitrogens with zero attached hydrogens (tertiary/aromatic N) is 5. The zero-order valence-corrected chi connectivity index (χ0v) is 14.5. The lowest BCUT2D eigenvalue weighted by Crippen LogP contribution is -2.23. The Labute approximate surface area is 156 Å². The third kappa shape index (κ3) is 3.38. The van der Waals surface area contributed by atoms with Crippen molar-refractivity contribution >= 4 is 10.9 Å². The molecule has 6 nitrogen and oxygen atoms in total. The molecule has 0 aliphatic carbocycles. The van der Waals surface area contributed by atoms with Crippen molar-refractivity contribution in [2.24, 2.45) is 0 Å². The molecule has 0 saturated carbocycles. The van der Waals surface area contributed by atoms with Crippen LogP contribution in [0.5, 0.6) is 0 Å². The number of aromatic nitrogens is 5. The fourth-order valence-electron chi connectivity index (χ4n) is 2.96. The number of para-hydroxylation sites is 1. The van der Waals surface area contributed by atoms with Gasteiger partial charge in [0.25, 0.3) is 5.56 Å². The first-order valence-electron chi connectivity index (χ1n) is 8.44. The van der Waals surface area contributed by atoms with E-state index < -0.39 is 11.7 Å². The molecule has 0 atom stereocenters. The number of alkyl halides is 3. The first-order chi connectivity index (χ1) is 13.4. The molecule has 4 rings (SSSR count). The molecule has 0 N–H and O–H groups in total. The van der Waals surface area contributed by atoms with E-state index in [1.165, 1.54) is 40.0 Å². The molecule has 2 aromatic heterocycles. The molecule has 4 aromatic rings. The summed E-state index contributed by atoms with van der Waals surface area (Å²) in [6, 6.07) is 12.2. The van der Waals surface area contributed by atoms with E-state index >= 15 is 0 Å². The Hall–Kier alpha value is -3.49. The summed E-state index contributed by atoms with van der Waals surface area (Å²) in [5.41, 5.74) is -0.261. The predicted octanol–water partition coefficient (Wildman–Crippen LogP) is 3.37. The second kappa shape index (κ2) is 6.91. The smallest absolute Gasteiger partial charge is 0.297 e. The summed E-state index contributed by atoms with van der Waals surface area (Å²) < 4.78 is 42.4. The lowest BCUT2D eigenvalue weighted by atomic mass is 10.1. The standard InChI is InChI=1S/C19H14F3N5O/c20-19(21,22)15-7-3-1-5-13(15)17-11-27(25-24-17)10-9-26-12-23-16-8-4-2-6-14(16)18(26)28/h1-8,11-12H,9-10H2. The van der Waals surface area contributed by atoms with Crippen molar-refractivity contribution in [1.82, 2.24) is 24.5 Å². The lowest BCUT2D eigenvalue weighted by Gasteiger charge is -2.10. The average Bonchev–Trinajstić information content (AvgIpc) is 3.16. The van der Waals surface area contributed by atoms with Crippen LogP contribution in [0.3, 0.4) is 0 Å². The van der Waals surface area contributed by atoms with Gasteiger partial charge in [-0.3, -0.25) is 14.0 Å². The number of hydrogen-bond donors (Lipinski definition) is 0. The molecule has 0 fully saturated rings. The maximum atomic E-state index is 13.2. The molecule has 0 unspecified atom stereocenters. The lowest BCUT2D eigenvalue weighted by molar-refractivity contribution is -0.137. The fourth-order valence-corrected chi connectivity index (χ4v) is 2.96. The van der Waals surface area contributed by atoms with Crippen LogP contribution in [0, 0.1) is 0 Å². The monoisotopic (exact) mass is 385 g/mol. The number of benzene rings is 2. The van der Waals surface area contributed by atoms with Crippen molar-refractivity contribution in [1.29, 1.82) is 0 Å². The third-order valence-electron chi connectivity index (χ3n) is 4.35. The molecule has 28 heavy (non-hydrogen) atoms. The molecule has 0 saturated heterocycles. The van der Waals surface area contributed by atoms with Crippen molar-refractivity contribution in [3.63, 3.8) is 0 Å². The first kappa shape index (κ1) is 17.9. The van der Waals surface area contributed by atoms with Crippen molar-refractivity contribution in [3.05, 3.63) is 77.0 Å². The number of hydrogen-bond acceptors (Lipinski definition) is 4. The van der Waals surface area contributed by atoms with Gasteiger partial charge in [-0.2, -0.15) is 13.2 Å². The quantitative estimate of drug-likeness (QED) is 0.540. The van der Waals surface area contributed by atoms with Gasteiger partial charge in [0.2, 0.25) is 0 Å². The predicted molar refractivity (Wildman–Crippen MR) is 96.5 cm³/mol.